The number of hydrogen-bond acceptors (Lipinski definition) is 5. The molecule has 2 atom stereocenters. The Labute approximate surface area is 133 Å². The van der Waals surface area contributed by atoms with Gasteiger partial charge in [-0.2, -0.15) is 0 Å². The van der Waals surface area contributed by atoms with E-state index < -0.39 is 21.3 Å². The van der Waals surface area contributed by atoms with Gasteiger partial charge in [-0.3, -0.25) is 4.79 Å². The molecule has 1 fully saturated rings. The normalized spacial score (nSPS) is 23.9. The summed E-state index contributed by atoms with van der Waals surface area (Å²) >= 11 is 7.27. The van der Waals surface area contributed by atoms with Crippen LogP contribution in [0.25, 0.3) is 0 Å². The molecule has 0 aliphatic carbocycles. The summed E-state index contributed by atoms with van der Waals surface area (Å²) in [7, 11) is -3.14. The number of benzene rings is 1. The lowest BCUT2D eigenvalue weighted by Crippen LogP contribution is -2.41. The number of alkyl halides is 1. The zero-order valence-corrected chi connectivity index (χ0v) is 13.9. The molecule has 0 spiro atoms. The molecule has 8 heteroatoms. The van der Waals surface area contributed by atoms with Gasteiger partial charge in [-0.15, -0.1) is 23.4 Å². The maximum Gasteiger partial charge on any atom is 0.230 e. The second-order valence-electron chi connectivity index (χ2n) is 5.04. The molecule has 2 unspecified atom stereocenters. The van der Waals surface area contributed by atoms with Crippen molar-refractivity contribution in [2.75, 3.05) is 23.0 Å². The lowest BCUT2D eigenvalue weighted by Gasteiger charge is -2.14. The van der Waals surface area contributed by atoms with Crippen LogP contribution in [0.3, 0.4) is 0 Å². The minimum atomic E-state index is -3.14. The number of nitrogens with one attached hydrogen (secondary N) is 1. The van der Waals surface area contributed by atoms with Gasteiger partial charge in [-0.1, -0.05) is 12.1 Å². The number of nitrogens with two attached hydrogens (primary N) is 1. The van der Waals surface area contributed by atoms with E-state index in [0.29, 0.717) is 5.69 Å². The molecule has 1 aliphatic rings. The van der Waals surface area contributed by atoms with Crippen LogP contribution >= 0.6 is 23.4 Å². The van der Waals surface area contributed by atoms with Gasteiger partial charge < -0.3 is 11.1 Å². The Morgan fingerprint density at radius 3 is 2.81 bits per heavy atom. The molecule has 2 rings (SSSR count). The summed E-state index contributed by atoms with van der Waals surface area (Å²) in [5, 5.41) is 2.11. The second-order valence-corrected chi connectivity index (χ2v) is 8.77. The third-order valence-corrected chi connectivity index (χ3v) is 6.72. The number of aryl methyl sites for hydroxylation is 1. The Morgan fingerprint density at radius 1 is 1.48 bits per heavy atom. The van der Waals surface area contributed by atoms with E-state index in [9.17, 15) is 13.2 Å². The number of amides is 1. The number of para-hydroxylation sites is 1. The third kappa shape index (κ3) is 4.28. The largest absolute Gasteiger partial charge is 0.398 e. The van der Waals surface area contributed by atoms with Gasteiger partial charge in [0.05, 0.1) is 28.7 Å². The Bertz CT molecular complexity index is 649. The van der Waals surface area contributed by atoms with E-state index in [1.807, 2.05) is 25.1 Å². The van der Waals surface area contributed by atoms with Crippen molar-refractivity contribution in [3.05, 3.63) is 23.8 Å². The van der Waals surface area contributed by atoms with E-state index in [4.69, 9.17) is 17.3 Å². The number of anilines is 1. The summed E-state index contributed by atoms with van der Waals surface area (Å²) in [6.07, 6.45) is 0. The van der Waals surface area contributed by atoms with E-state index in [-0.39, 0.29) is 23.2 Å². The zero-order chi connectivity index (χ0) is 15.6. The summed E-state index contributed by atoms with van der Waals surface area (Å²) in [5.41, 5.74) is 7.56. The van der Waals surface area contributed by atoms with Crippen LogP contribution in [-0.2, 0) is 14.6 Å². The Hall–Kier alpha value is -0.920. The Morgan fingerprint density at radius 2 is 2.19 bits per heavy atom. The SMILES string of the molecule is Cc1cccc(SCC(=O)NC2CS(=O)(=O)CC2Cl)c1N. The van der Waals surface area contributed by atoms with E-state index in [1.165, 1.54) is 11.8 Å². The van der Waals surface area contributed by atoms with Crippen molar-refractivity contribution in [2.24, 2.45) is 0 Å². The van der Waals surface area contributed by atoms with Gasteiger partial charge >= 0.3 is 0 Å². The number of halogens is 1. The highest BCUT2D eigenvalue weighted by molar-refractivity contribution is 8.00. The number of thioether (sulfide) groups is 1. The van der Waals surface area contributed by atoms with Crippen LogP contribution < -0.4 is 11.1 Å². The molecule has 0 radical (unpaired) electrons. The molecule has 21 heavy (non-hydrogen) atoms. The predicted molar refractivity (Wildman–Crippen MR) is 86.5 cm³/mol. The predicted octanol–water partition coefficient (Wildman–Crippen LogP) is 1.19. The van der Waals surface area contributed by atoms with Crippen molar-refractivity contribution in [3.63, 3.8) is 0 Å². The summed E-state index contributed by atoms with van der Waals surface area (Å²) in [6, 6.07) is 5.12. The standard InChI is InChI=1S/C13H17ClN2O3S2/c1-8-3-2-4-11(13(8)15)20-5-12(17)16-10-7-21(18,19)6-9(10)14/h2-4,9-10H,5-7,15H2,1H3,(H,16,17). The third-order valence-electron chi connectivity index (χ3n) is 3.27. The van der Waals surface area contributed by atoms with Crippen molar-refractivity contribution in [1.29, 1.82) is 0 Å². The second kappa shape index (κ2) is 6.46. The van der Waals surface area contributed by atoms with Crippen LogP contribution in [-0.4, -0.2) is 43.0 Å². The lowest BCUT2D eigenvalue weighted by molar-refractivity contribution is -0.119. The molecular weight excluding hydrogens is 332 g/mol. The van der Waals surface area contributed by atoms with Crippen LogP contribution in [0.4, 0.5) is 5.69 Å². The first-order valence-corrected chi connectivity index (χ1v) is 9.64. The molecule has 0 saturated carbocycles. The van der Waals surface area contributed by atoms with E-state index in [2.05, 4.69) is 5.32 Å². The van der Waals surface area contributed by atoms with E-state index in [1.54, 1.807) is 0 Å². The van der Waals surface area contributed by atoms with Crippen LogP contribution in [0, 0.1) is 6.92 Å². The first-order valence-electron chi connectivity index (χ1n) is 6.40. The maximum atomic E-state index is 11.9. The van der Waals surface area contributed by atoms with Gasteiger partial charge in [0.15, 0.2) is 9.84 Å². The van der Waals surface area contributed by atoms with Crippen LogP contribution in [0.5, 0.6) is 0 Å². The zero-order valence-electron chi connectivity index (χ0n) is 11.5. The molecule has 1 amide bonds. The van der Waals surface area contributed by atoms with E-state index in [0.717, 1.165) is 10.5 Å². The molecule has 116 valence electrons. The van der Waals surface area contributed by atoms with Gasteiger partial charge in [0.2, 0.25) is 5.91 Å². The molecule has 1 saturated heterocycles. The molecule has 0 bridgehead atoms. The average Bonchev–Trinajstić information content (AvgIpc) is 2.64. The molecule has 3 N–H and O–H groups in total. The summed E-state index contributed by atoms with van der Waals surface area (Å²) < 4.78 is 22.9. The smallest absolute Gasteiger partial charge is 0.230 e. The summed E-state index contributed by atoms with van der Waals surface area (Å²) in [5.74, 6) is -0.247. The van der Waals surface area contributed by atoms with Crippen LogP contribution in [0.2, 0.25) is 0 Å². The number of nitrogen functional groups attached to an aromatic ring is 1. The van der Waals surface area contributed by atoms with Gasteiger partial charge in [0.1, 0.15) is 0 Å². The van der Waals surface area contributed by atoms with Crippen molar-refractivity contribution in [1.82, 2.24) is 5.32 Å². The first-order chi connectivity index (χ1) is 9.78. The van der Waals surface area contributed by atoms with Crippen molar-refractivity contribution >= 4 is 44.8 Å². The van der Waals surface area contributed by atoms with Crippen molar-refractivity contribution < 1.29 is 13.2 Å². The average molecular weight is 349 g/mol. The lowest BCUT2D eigenvalue weighted by atomic mass is 10.2. The molecule has 1 heterocycles. The molecule has 1 aliphatic heterocycles. The van der Waals surface area contributed by atoms with Gasteiger partial charge in [-0.05, 0) is 18.6 Å². The summed E-state index contributed by atoms with van der Waals surface area (Å²) in [6.45, 7) is 1.90. The highest BCUT2D eigenvalue weighted by atomic mass is 35.5. The van der Waals surface area contributed by atoms with Crippen molar-refractivity contribution in [2.45, 2.75) is 23.2 Å². The fraction of sp³-hybridized carbons (Fsp3) is 0.462. The maximum absolute atomic E-state index is 11.9. The Balaban J connectivity index is 1.90. The van der Waals surface area contributed by atoms with Crippen LogP contribution in [0.1, 0.15) is 5.56 Å². The highest BCUT2D eigenvalue weighted by Crippen LogP contribution is 2.27. The topological polar surface area (TPSA) is 89.3 Å². The van der Waals surface area contributed by atoms with Gasteiger partial charge in [-0.25, -0.2) is 8.42 Å². The number of rotatable bonds is 4. The highest BCUT2D eigenvalue weighted by Gasteiger charge is 2.37. The fourth-order valence-electron chi connectivity index (χ4n) is 2.11. The molecule has 1 aromatic rings. The molecule has 5 nitrogen and oxygen atoms in total. The minimum Gasteiger partial charge on any atom is -0.398 e. The van der Waals surface area contributed by atoms with Gasteiger partial charge in [0.25, 0.3) is 0 Å². The molecule has 1 aromatic carbocycles. The summed E-state index contributed by atoms with van der Waals surface area (Å²) in [4.78, 5) is 12.7. The van der Waals surface area contributed by atoms with Crippen LogP contribution in [0.15, 0.2) is 23.1 Å². The first kappa shape index (κ1) is 16.5. The number of carbonyl (C=O) groups is 1. The minimum absolute atomic E-state index is 0.0858. The number of sulfone groups is 1. The number of hydrogen-bond donors (Lipinski definition) is 2. The molecule has 0 aromatic heterocycles. The Kier molecular flexibility index (Phi) is 5.06. The quantitative estimate of drug-likeness (QED) is 0.484. The van der Waals surface area contributed by atoms with E-state index >= 15 is 0 Å². The van der Waals surface area contributed by atoms with Gasteiger partial charge in [0, 0.05) is 10.6 Å². The number of carbonyl (C=O) groups excluding carboxylic acids is 1. The molecular formula is C13H17ClN2O3S2. The fourth-order valence-corrected chi connectivity index (χ4v) is 5.52. The monoisotopic (exact) mass is 348 g/mol. The van der Waals surface area contributed by atoms with Crippen molar-refractivity contribution in [3.8, 4) is 0 Å².